The zero-order valence-corrected chi connectivity index (χ0v) is 22.3. The summed E-state index contributed by atoms with van der Waals surface area (Å²) in [5, 5.41) is 13.8. The lowest BCUT2D eigenvalue weighted by Gasteiger charge is -2.22. The van der Waals surface area contributed by atoms with Crippen molar-refractivity contribution in [3.8, 4) is 17.2 Å². The van der Waals surface area contributed by atoms with Gasteiger partial charge in [-0.3, -0.25) is 14.5 Å². The maximum Gasteiger partial charge on any atom is 0.296 e. The van der Waals surface area contributed by atoms with Crippen molar-refractivity contribution in [3.05, 3.63) is 74.8 Å². The number of ketones is 1. The van der Waals surface area contributed by atoms with Crippen LogP contribution in [0.15, 0.2) is 63.6 Å². The fourth-order valence-electron chi connectivity index (χ4n) is 4.69. The molecule has 0 fully saturated rings. The minimum absolute atomic E-state index is 0.0811. The number of aromatic amines is 1. The number of anilines is 1. The van der Waals surface area contributed by atoms with E-state index in [0.717, 1.165) is 0 Å². The summed E-state index contributed by atoms with van der Waals surface area (Å²) in [5.41, 5.74) is 1.25. The van der Waals surface area contributed by atoms with E-state index in [1.165, 1.54) is 43.6 Å². The number of benzene rings is 2. The van der Waals surface area contributed by atoms with Gasteiger partial charge in [-0.1, -0.05) is 17.7 Å². The van der Waals surface area contributed by atoms with E-state index in [1.807, 2.05) is 5.38 Å². The number of carbonyl (C=O) groups is 2. The van der Waals surface area contributed by atoms with Gasteiger partial charge in [0.2, 0.25) is 11.7 Å². The Hall–Kier alpha value is -4.48. The quantitative estimate of drug-likeness (QED) is 0.236. The summed E-state index contributed by atoms with van der Waals surface area (Å²) >= 11 is 7.51. The summed E-state index contributed by atoms with van der Waals surface area (Å²) < 4.78 is 21.9. The second kappa shape index (κ2) is 9.37. The van der Waals surface area contributed by atoms with Crippen LogP contribution < -0.4 is 19.1 Å². The summed E-state index contributed by atoms with van der Waals surface area (Å²) in [6.45, 7) is 0. The minimum Gasteiger partial charge on any atom is -0.503 e. The highest BCUT2D eigenvalue weighted by atomic mass is 35.5. The Balaban J connectivity index is 1.48. The van der Waals surface area contributed by atoms with Crippen LogP contribution in [-0.4, -0.2) is 48.1 Å². The number of thiophene rings is 1. The fraction of sp³-hybridized carbons (Fsp3) is 0.148. The lowest BCUT2D eigenvalue weighted by Crippen LogP contribution is -2.31. The van der Waals surface area contributed by atoms with E-state index in [1.54, 1.807) is 36.4 Å². The zero-order chi connectivity index (χ0) is 27.4. The molecule has 3 aromatic heterocycles. The third kappa shape index (κ3) is 3.89. The SMILES string of the molecule is COc1cc2nc(N3C(=O)C(O)=C(C(=O)c4cc5cc(Cl)cc(OC)c5o4)C3c3cccs3)[nH]c2cc1OC. The van der Waals surface area contributed by atoms with Crippen LogP contribution in [0.2, 0.25) is 5.02 Å². The van der Waals surface area contributed by atoms with Gasteiger partial charge in [0, 0.05) is 33.5 Å². The van der Waals surface area contributed by atoms with Gasteiger partial charge in [0.05, 0.1) is 37.9 Å². The predicted molar refractivity (Wildman–Crippen MR) is 146 cm³/mol. The van der Waals surface area contributed by atoms with Crippen LogP contribution in [-0.2, 0) is 4.79 Å². The monoisotopic (exact) mass is 565 g/mol. The number of rotatable bonds is 7. The Bertz CT molecular complexity index is 1760. The number of hydrogen-bond donors (Lipinski definition) is 2. The van der Waals surface area contributed by atoms with Gasteiger partial charge in [-0.15, -0.1) is 11.3 Å². The molecule has 12 heteroatoms. The lowest BCUT2D eigenvalue weighted by molar-refractivity contribution is -0.117. The Kier molecular flexibility index (Phi) is 5.96. The second-order valence-electron chi connectivity index (χ2n) is 8.61. The summed E-state index contributed by atoms with van der Waals surface area (Å²) in [6, 6.07) is 10.7. The molecule has 0 saturated heterocycles. The average Bonchev–Trinajstić information content (AvgIpc) is 3.72. The molecule has 0 saturated carbocycles. The van der Waals surface area contributed by atoms with Gasteiger partial charge in [-0.05, 0) is 23.6 Å². The molecule has 1 atom stereocenters. The van der Waals surface area contributed by atoms with Crippen LogP contribution in [0, 0.1) is 0 Å². The first-order valence-corrected chi connectivity index (χ1v) is 12.8. The van der Waals surface area contributed by atoms with E-state index in [2.05, 4.69) is 9.97 Å². The molecule has 1 amide bonds. The Morgan fingerprint density at radius 2 is 1.85 bits per heavy atom. The van der Waals surface area contributed by atoms with Gasteiger partial charge in [0.15, 0.2) is 34.4 Å². The Morgan fingerprint density at radius 3 is 2.54 bits per heavy atom. The molecule has 0 aliphatic carbocycles. The van der Waals surface area contributed by atoms with Gasteiger partial charge >= 0.3 is 0 Å². The number of methoxy groups -OCH3 is 3. The normalized spacial score (nSPS) is 15.5. The average molecular weight is 566 g/mol. The van der Waals surface area contributed by atoms with Crippen molar-refractivity contribution in [2.24, 2.45) is 0 Å². The molecule has 4 heterocycles. The number of carbonyl (C=O) groups excluding carboxylic acids is 2. The maximum atomic E-state index is 13.9. The van der Waals surface area contributed by atoms with Gasteiger partial charge < -0.3 is 28.7 Å². The molecule has 39 heavy (non-hydrogen) atoms. The minimum atomic E-state index is -0.965. The number of imidazole rings is 1. The third-order valence-corrected chi connectivity index (χ3v) is 7.60. The summed E-state index contributed by atoms with van der Waals surface area (Å²) in [7, 11) is 4.48. The Morgan fingerprint density at radius 1 is 1.10 bits per heavy atom. The van der Waals surface area contributed by atoms with Crippen LogP contribution in [0.1, 0.15) is 21.5 Å². The number of Topliss-reactive ketones (excluding diaryl/α,β-unsaturated/α-hetero) is 1. The summed E-state index contributed by atoms with van der Waals surface area (Å²) in [6.07, 6.45) is 0. The topological polar surface area (TPSA) is 127 Å². The number of furan rings is 1. The molecule has 2 aromatic carbocycles. The van der Waals surface area contributed by atoms with Crippen molar-refractivity contribution in [1.82, 2.24) is 9.97 Å². The number of aliphatic hydroxyl groups excluding tert-OH is 1. The smallest absolute Gasteiger partial charge is 0.296 e. The zero-order valence-electron chi connectivity index (χ0n) is 20.8. The van der Waals surface area contributed by atoms with Gasteiger partial charge in [-0.25, -0.2) is 4.98 Å². The summed E-state index contributed by atoms with van der Waals surface area (Å²) in [5.74, 6) is -0.801. The fourth-order valence-corrected chi connectivity index (χ4v) is 5.73. The van der Waals surface area contributed by atoms with E-state index in [-0.39, 0.29) is 17.3 Å². The van der Waals surface area contributed by atoms with Gasteiger partial charge in [0.1, 0.15) is 6.04 Å². The number of aliphatic hydroxyl groups is 1. The number of hydrogen-bond acceptors (Lipinski definition) is 9. The molecule has 2 N–H and O–H groups in total. The van der Waals surface area contributed by atoms with Crippen molar-refractivity contribution >= 4 is 62.6 Å². The number of fused-ring (bicyclic) bond motifs is 2. The van der Waals surface area contributed by atoms with Crippen molar-refractivity contribution in [3.63, 3.8) is 0 Å². The van der Waals surface area contributed by atoms with Crippen molar-refractivity contribution < 1.29 is 33.3 Å². The number of nitrogens with one attached hydrogen (secondary N) is 1. The lowest BCUT2D eigenvalue weighted by atomic mass is 10.0. The maximum absolute atomic E-state index is 13.9. The first-order chi connectivity index (χ1) is 18.8. The number of H-pyrrole nitrogens is 1. The third-order valence-electron chi connectivity index (χ3n) is 6.46. The molecule has 0 radical (unpaired) electrons. The van der Waals surface area contributed by atoms with Crippen molar-refractivity contribution in [2.75, 3.05) is 26.2 Å². The molecular formula is C27H20ClN3O7S. The Labute approximate surface area is 230 Å². The van der Waals surface area contributed by atoms with E-state index in [9.17, 15) is 14.7 Å². The number of nitrogens with zero attached hydrogens (tertiary/aromatic N) is 2. The van der Waals surface area contributed by atoms with Crippen molar-refractivity contribution in [1.29, 1.82) is 0 Å². The van der Waals surface area contributed by atoms with Gasteiger partial charge in [0.25, 0.3) is 5.91 Å². The van der Waals surface area contributed by atoms with E-state index >= 15 is 0 Å². The molecular weight excluding hydrogens is 546 g/mol. The molecule has 1 aliphatic heterocycles. The first-order valence-electron chi connectivity index (χ1n) is 11.6. The van der Waals surface area contributed by atoms with Crippen molar-refractivity contribution in [2.45, 2.75) is 6.04 Å². The van der Waals surface area contributed by atoms with Crippen LogP contribution >= 0.6 is 22.9 Å². The number of amides is 1. The molecule has 1 unspecified atom stereocenters. The number of aromatic nitrogens is 2. The molecule has 198 valence electrons. The van der Waals surface area contributed by atoms with E-state index in [0.29, 0.717) is 49.2 Å². The molecule has 10 nitrogen and oxygen atoms in total. The molecule has 6 rings (SSSR count). The van der Waals surface area contributed by atoms with Crippen LogP contribution in [0.4, 0.5) is 5.95 Å². The highest BCUT2D eigenvalue weighted by molar-refractivity contribution is 7.10. The largest absolute Gasteiger partial charge is 0.503 e. The van der Waals surface area contributed by atoms with Crippen LogP contribution in [0.5, 0.6) is 17.2 Å². The predicted octanol–water partition coefficient (Wildman–Crippen LogP) is 5.83. The van der Waals surface area contributed by atoms with E-state index in [4.69, 9.17) is 30.2 Å². The van der Waals surface area contributed by atoms with Crippen LogP contribution in [0.25, 0.3) is 22.0 Å². The highest BCUT2D eigenvalue weighted by Gasteiger charge is 2.47. The number of ether oxygens (including phenoxy) is 3. The molecule has 5 aromatic rings. The van der Waals surface area contributed by atoms with Crippen LogP contribution in [0.3, 0.4) is 0 Å². The van der Waals surface area contributed by atoms with Gasteiger partial charge in [-0.2, -0.15) is 0 Å². The molecule has 1 aliphatic rings. The standard InChI is InChI=1S/C27H20ClN3O7S/c1-35-16-10-14-15(11-17(16)36-2)30-27(29-14)31-22(20-5-4-6-39-20)21(24(33)26(31)34)23(32)18-8-12-7-13(28)9-19(37-3)25(12)38-18/h4-11,22,33H,1-3H3,(H,29,30). The highest BCUT2D eigenvalue weighted by Crippen LogP contribution is 2.44. The van der Waals surface area contributed by atoms with E-state index < -0.39 is 23.5 Å². The first kappa shape index (κ1) is 24.8. The summed E-state index contributed by atoms with van der Waals surface area (Å²) in [4.78, 5) is 36.9. The number of halogens is 1. The molecule has 0 spiro atoms. The second-order valence-corrected chi connectivity index (χ2v) is 10.0. The molecule has 0 bridgehead atoms.